The molecule has 0 aliphatic heterocycles. The molecule has 0 atom stereocenters. The van der Waals surface area contributed by atoms with Gasteiger partial charge >= 0.3 is 0 Å². The van der Waals surface area contributed by atoms with E-state index in [4.69, 9.17) is 11.6 Å². The second-order valence-corrected chi connectivity index (χ2v) is 7.41. The minimum atomic E-state index is 0.000838. The van der Waals surface area contributed by atoms with Crippen molar-refractivity contribution in [2.45, 2.75) is 57.4 Å². The molecule has 24 heavy (non-hydrogen) atoms. The number of carbonyl (C=O) groups is 2. The Morgan fingerprint density at radius 3 is 2.17 bits per heavy atom. The van der Waals surface area contributed by atoms with E-state index in [9.17, 15) is 9.59 Å². The maximum Gasteiger partial charge on any atom is 0.227 e. The first-order valence-electron chi connectivity index (χ1n) is 8.99. The zero-order valence-corrected chi connectivity index (χ0v) is 14.6. The van der Waals surface area contributed by atoms with Gasteiger partial charge in [-0.3, -0.25) is 9.59 Å². The van der Waals surface area contributed by atoms with E-state index in [0.29, 0.717) is 10.7 Å². The highest BCUT2D eigenvalue weighted by Gasteiger charge is 2.29. The summed E-state index contributed by atoms with van der Waals surface area (Å²) in [5, 5.41) is 6.67. The van der Waals surface area contributed by atoms with E-state index in [0.717, 1.165) is 38.5 Å². The zero-order chi connectivity index (χ0) is 16.9. The highest BCUT2D eigenvalue weighted by Crippen LogP contribution is 2.29. The normalized spacial score (nSPS) is 24.5. The van der Waals surface area contributed by atoms with E-state index in [1.54, 1.807) is 6.07 Å². The smallest absolute Gasteiger partial charge is 0.227 e. The summed E-state index contributed by atoms with van der Waals surface area (Å²) in [5.41, 5.74) is 0.667. The first-order chi connectivity index (χ1) is 11.6. The molecule has 0 unspecified atom stereocenters. The molecule has 4 nitrogen and oxygen atoms in total. The van der Waals surface area contributed by atoms with Crippen LogP contribution in [-0.2, 0) is 9.59 Å². The Balaban J connectivity index is 1.45. The lowest BCUT2D eigenvalue weighted by Crippen LogP contribution is -2.41. The third-order valence-corrected chi connectivity index (χ3v) is 5.63. The Hall–Kier alpha value is -1.55. The van der Waals surface area contributed by atoms with Gasteiger partial charge in [-0.25, -0.2) is 0 Å². The molecule has 0 spiro atoms. The van der Waals surface area contributed by atoms with Gasteiger partial charge in [-0.15, -0.1) is 0 Å². The first-order valence-corrected chi connectivity index (χ1v) is 9.37. The van der Waals surface area contributed by atoms with Crippen LogP contribution in [0, 0.1) is 11.8 Å². The molecule has 2 saturated carbocycles. The van der Waals surface area contributed by atoms with E-state index in [-0.39, 0.29) is 29.7 Å². The van der Waals surface area contributed by atoms with Gasteiger partial charge in [0.15, 0.2) is 0 Å². The average Bonchev–Trinajstić information content (AvgIpc) is 3.12. The third kappa shape index (κ3) is 4.29. The number of nitrogens with one attached hydrogen (secondary N) is 2. The predicted molar refractivity (Wildman–Crippen MR) is 95.9 cm³/mol. The Morgan fingerprint density at radius 1 is 0.875 bits per heavy atom. The van der Waals surface area contributed by atoms with Gasteiger partial charge in [-0.2, -0.15) is 0 Å². The summed E-state index contributed by atoms with van der Waals surface area (Å²) in [6.45, 7) is 0. The van der Waals surface area contributed by atoms with Gasteiger partial charge in [0.05, 0.1) is 10.7 Å². The van der Waals surface area contributed by atoms with Crippen molar-refractivity contribution >= 4 is 29.1 Å². The lowest BCUT2D eigenvalue weighted by molar-refractivity contribution is -0.125. The molecule has 1 aromatic carbocycles. The van der Waals surface area contributed by atoms with Crippen molar-refractivity contribution in [3.63, 3.8) is 0 Å². The van der Waals surface area contributed by atoms with Crippen LogP contribution in [0.2, 0.25) is 5.02 Å². The summed E-state index contributed by atoms with van der Waals surface area (Å²) in [4.78, 5) is 24.6. The van der Waals surface area contributed by atoms with E-state index in [2.05, 4.69) is 10.6 Å². The van der Waals surface area contributed by atoms with Gasteiger partial charge < -0.3 is 10.6 Å². The first kappa shape index (κ1) is 17.3. The van der Waals surface area contributed by atoms with Crippen LogP contribution in [0.25, 0.3) is 0 Å². The number of carbonyl (C=O) groups excluding carboxylic acids is 2. The van der Waals surface area contributed by atoms with Crippen LogP contribution in [0.3, 0.4) is 0 Å². The van der Waals surface area contributed by atoms with E-state index in [1.165, 1.54) is 12.8 Å². The topological polar surface area (TPSA) is 58.2 Å². The molecule has 1 aromatic rings. The summed E-state index contributed by atoms with van der Waals surface area (Å²) in [7, 11) is 0. The number of hydrogen-bond donors (Lipinski definition) is 2. The van der Waals surface area contributed by atoms with Gasteiger partial charge in [0.2, 0.25) is 11.8 Å². The van der Waals surface area contributed by atoms with Gasteiger partial charge in [-0.05, 0) is 50.7 Å². The van der Waals surface area contributed by atoms with Crippen LogP contribution in [0.1, 0.15) is 51.4 Å². The molecule has 2 N–H and O–H groups in total. The second-order valence-electron chi connectivity index (χ2n) is 7.01. The van der Waals surface area contributed by atoms with Crippen molar-refractivity contribution in [3.05, 3.63) is 29.3 Å². The minimum absolute atomic E-state index is 0.000838. The van der Waals surface area contributed by atoms with Crippen molar-refractivity contribution in [1.82, 2.24) is 5.32 Å². The molecule has 130 valence electrons. The molecule has 5 heteroatoms. The predicted octanol–water partition coefficient (Wildman–Crippen LogP) is 4.14. The minimum Gasteiger partial charge on any atom is -0.353 e. The fourth-order valence-electron chi connectivity index (χ4n) is 3.80. The van der Waals surface area contributed by atoms with Crippen molar-refractivity contribution in [2.24, 2.45) is 11.8 Å². The number of amides is 2. The van der Waals surface area contributed by atoms with Gasteiger partial charge in [0.25, 0.3) is 0 Å². The maximum absolute atomic E-state index is 12.4. The van der Waals surface area contributed by atoms with E-state index < -0.39 is 0 Å². The van der Waals surface area contributed by atoms with Gasteiger partial charge in [-0.1, -0.05) is 36.6 Å². The molecular weight excluding hydrogens is 324 g/mol. The van der Waals surface area contributed by atoms with Crippen LogP contribution in [0.5, 0.6) is 0 Å². The Labute approximate surface area is 148 Å². The summed E-state index contributed by atoms with van der Waals surface area (Å²) >= 11 is 6.09. The zero-order valence-electron chi connectivity index (χ0n) is 13.9. The quantitative estimate of drug-likeness (QED) is 0.859. The monoisotopic (exact) mass is 348 g/mol. The molecule has 2 aliphatic carbocycles. The molecule has 0 saturated heterocycles. The van der Waals surface area contributed by atoms with Crippen molar-refractivity contribution in [2.75, 3.05) is 5.32 Å². The van der Waals surface area contributed by atoms with Crippen LogP contribution in [0.4, 0.5) is 5.69 Å². The van der Waals surface area contributed by atoms with Crippen LogP contribution in [-0.4, -0.2) is 17.9 Å². The average molecular weight is 349 g/mol. The third-order valence-electron chi connectivity index (χ3n) is 5.30. The summed E-state index contributed by atoms with van der Waals surface area (Å²) in [6, 6.07) is 7.51. The number of hydrogen-bond acceptors (Lipinski definition) is 2. The van der Waals surface area contributed by atoms with Crippen LogP contribution < -0.4 is 10.6 Å². The molecule has 0 aromatic heterocycles. The van der Waals surface area contributed by atoms with Crippen LogP contribution >= 0.6 is 11.6 Å². The van der Waals surface area contributed by atoms with E-state index >= 15 is 0 Å². The summed E-state index contributed by atoms with van der Waals surface area (Å²) in [6.07, 6.45) is 7.78. The maximum atomic E-state index is 12.4. The highest BCUT2D eigenvalue weighted by atomic mass is 35.5. The molecule has 2 aliphatic rings. The van der Waals surface area contributed by atoms with Gasteiger partial charge in [0, 0.05) is 17.9 Å². The summed E-state index contributed by atoms with van der Waals surface area (Å²) in [5.74, 6) is 0.465. The standard InChI is InChI=1S/C19H25ClN2O2/c20-16-7-3-4-8-17(16)22-19(24)14-9-11-15(12-10-14)21-18(23)13-5-1-2-6-13/h3-4,7-8,13-15H,1-2,5-6,9-12H2,(H,21,23)(H,22,24). The van der Waals surface area contributed by atoms with E-state index in [1.807, 2.05) is 18.2 Å². The second kappa shape index (κ2) is 8.02. The molecule has 2 amide bonds. The lowest BCUT2D eigenvalue weighted by Gasteiger charge is -2.29. The molecule has 0 radical (unpaired) electrons. The summed E-state index contributed by atoms with van der Waals surface area (Å²) < 4.78 is 0. The fourth-order valence-corrected chi connectivity index (χ4v) is 3.99. The van der Waals surface area contributed by atoms with Crippen molar-refractivity contribution in [1.29, 1.82) is 0 Å². The van der Waals surface area contributed by atoms with Crippen LogP contribution in [0.15, 0.2) is 24.3 Å². The molecule has 2 fully saturated rings. The SMILES string of the molecule is O=C(Nc1ccccc1Cl)C1CCC(NC(=O)C2CCCC2)CC1. The number of anilines is 1. The number of benzene rings is 1. The lowest BCUT2D eigenvalue weighted by atomic mass is 9.85. The number of rotatable bonds is 4. The molecule has 3 rings (SSSR count). The Morgan fingerprint density at radius 2 is 1.50 bits per heavy atom. The fraction of sp³-hybridized carbons (Fsp3) is 0.579. The number of halogens is 1. The number of para-hydroxylation sites is 1. The van der Waals surface area contributed by atoms with Gasteiger partial charge in [0.1, 0.15) is 0 Å². The molecule has 0 bridgehead atoms. The van der Waals surface area contributed by atoms with Crippen molar-refractivity contribution < 1.29 is 9.59 Å². The molecule has 0 heterocycles. The largest absolute Gasteiger partial charge is 0.353 e. The Kier molecular flexibility index (Phi) is 5.77. The molecular formula is C19H25ClN2O2. The van der Waals surface area contributed by atoms with Crippen molar-refractivity contribution in [3.8, 4) is 0 Å². The Bertz CT molecular complexity index is 591. The highest BCUT2D eigenvalue weighted by molar-refractivity contribution is 6.33.